The Morgan fingerprint density at radius 3 is 2.31 bits per heavy atom. The summed E-state index contributed by atoms with van der Waals surface area (Å²) in [6, 6.07) is 9.98. The molecule has 2 aliphatic rings. The summed E-state index contributed by atoms with van der Waals surface area (Å²) in [5.41, 5.74) is 0.371. The van der Waals surface area contributed by atoms with Crippen LogP contribution in [0.2, 0.25) is 5.02 Å². The van der Waals surface area contributed by atoms with Crippen molar-refractivity contribution in [2.45, 2.75) is 38.1 Å². The van der Waals surface area contributed by atoms with Crippen LogP contribution in [0.15, 0.2) is 41.8 Å². The summed E-state index contributed by atoms with van der Waals surface area (Å²) in [4.78, 5) is 43.6. The number of carbonyl (C=O) groups excluding carboxylic acids is 3. The van der Waals surface area contributed by atoms with Crippen molar-refractivity contribution in [3.8, 4) is 0 Å². The quantitative estimate of drug-likeness (QED) is 0.711. The van der Waals surface area contributed by atoms with Crippen LogP contribution in [0.25, 0.3) is 0 Å². The number of hydrogen-bond acceptors (Lipinski definition) is 4. The van der Waals surface area contributed by atoms with E-state index in [1.807, 2.05) is 27.3 Å². The van der Waals surface area contributed by atoms with E-state index in [-0.39, 0.29) is 23.6 Å². The summed E-state index contributed by atoms with van der Waals surface area (Å²) in [7, 11) is 0. The van der Waals surface area contributed by atoms with Gasteiger partial charge >= 0.3 is 0 Å². The van der Waals surface area contributed by atoms with Gasteiger partial charge in [-0.05, 0) is 61.6 Å². The Morgan fingerprint density at radius 2 is 1.66 bits per heavy atom. The summed E-state index contributed by atoms with van der Waals surface area (Å²) < 4.78 is 0. The van der Waals surface area contributed by atoms with Crippen LogP contribution in [-0.2, 0) is 4.79 Å². The third kappa shape index (κ3) is 5.15. The Morgan fingerprint density at radius 1 is 0.938 bits per heavy atom. The molecule has 3 heterocycles. The predicted molar refractivity (Wildman–Crippen MR) is 126 cm³/mol. The van der Waals surface area contributed by atoms with E-state index in [9.17, 15) is 14.4 Å². The number of likely N-dealkylation sites (tertiary alicyclic amines) is 2. The van der Waals surface area contributed by atoms with Crippen molar-refractivity contribution in [3.05, 3.63) is 57.2 Å². The average Bonchev–Trinajstić information content (AvgIpc) is 3.37. The lowest BCUT2D eigenvalue weighted by Crippen LogP contribution is -2.55. The van der Waals surface area contributed by atoms with Gasteiger partial charge in [0.2, 0.25) is 5.91 Å². The van der Waals surface area contributed by atoms with E-state index in [0.717, 1.165) is 37.2 Å². The maximum atomic E-state index is 13.5. The van der Waals surface area contributed by atoms with Crippen molar-refractivity contribution >= 4 is 40.7 Å². The molecule has 1 aromatic heterocycles. The first kappa shape index (κ1) is 22.8. The van der Waals surface area contributed by atoms with Crippen LogP contribution in [-0.4, -0.2) is 59.7 Å². The van der Waals surface area contributed by atoms with Crippen molar-refractivity contribution < 1.29 is 14.4 Å². The molecule has 0 bridgehead atoms. The first-order valence-electron chi connectivity index (χ1n) is 11.2. The van der Waals surface area contributed by atoms with Gasteiger partial charge in [0.1, 0.15) is 6.04 Å². The number of benzene rings is 1. The van der Waals surface area contributed by atoms with Crippen molar-refractivity contribution in [1.29, 1.82) is 0 Å². The second kappa shape index (κ2) is 10.5. The number of amides is 3. The Kier molecular flexibility index (Phi) is 7.48. The van der Waals surface area contributed by atoms with E-state index < -0.39 is 6.04 Å². The molecule has 1 N–H and O–H groups in total. The minimum Gasteiger partial charge on any atom is -0.341 e. The molecule has 0 spiro atoms. The van der Waals surface area contributed by atoms with Crippen LogP contribution in [0.3, 0.4) is 0 Å². The van der Waals surface area contributed by atoms with Gasteiger partial charge in [0, 0.05) is 26.2 Å². The van der Waals surface area contributed by atoms with Crippen LogP contribution in [0, 0.1) is 5.92 Å². The monoisotopic (exact) mass is 473 g/mol. The highest BCUT2D eigenvalue weighted by Gasteiger charge is 2.37. The molecule has 170 valence electrons. The molecule has 0 radical (unpaired) electrons. The SMILES string of the molecule is O=C(N[C@@H](C(=O)N1CCCCC1)C1CCN(C(=O)c2cccs2)CC1)c1ccccc1Cl. The van der Waals surface area contributed by atoms with Gasteiger partial charge < -0.3 is 15.1 Å². The summed E-state index contributed by atoms with van der Waals surface area (Å²) in [5, 5.41) is 5.26. The van der Waals surface area contributed by atoms with Crippen molar-refractivity contribution in [1.82, 2.24) is 15.1 Å². The van der Waals surface area contributed by atoms with Gasteiger partial charge in [0.15, 0.2) is 0 Å². The standard InChI is InChI=1S/C24H28ClN3O3S/c25-19-8-3-2-7-18(19)22(29)26-21(24(31)27-12-4-1-5-13-27)17-10-14-28(15-11-17)23(30)20-9-6-16-32-20/h2-3,6-9,16-17,21H,1,4-5,10-15H2,(H,26,29)/t21-/m1/s1. The summed E-state index contributed by atoms with van der Waals surface area (Å²) in [5.74, 6) is -0.336. The lowest BCUT2D eigenvalue weighted by Gasteiger charge is -2.38. The van der Waals surface area contributed by atoms with Crippen molar-refractivity contribution in [2.24, 2.45) is 5.92 Å². The number of piperidine rings is 2. The van der Waals surface area contributed by atoms with E-state index >= 15 is 0 Å². The van der Waals surface area contributed by atoms with Crippen molar-refractivity contribution in [2.75, 3.05) is 26.2 Å². The molecule has 1 atom stereocenters. The molecule has 3 amide bonds. The Bertz CT molecular complexity index is 951. The summed E-state index contributed by atoms with van der Waals surface area (Å²) >= 11 is 7.66. The lowest BCUT2D eigenvalue weighted by molar-refractivity contribution is -0.136. The van der Waals surface area contributed by atoms with Crippen LogP contribution in [0.5, 0.6) is 0 Å². The summed E-state index contributed by atoms with van der Waals surface area (Å²) in [6.07, 6.45) is 4.45. The first-order chi connectivity index (χ1) is 15.5. The molecule has 4 rings (SSSR count). The van der Waals surface area contributed by atoms with E-state index in [1.165, 1.54) is 11.3 Å². The first-order valence-corrected chi connectivity index (χ1v) is 12.5. The fourth-order valence-electron chi connectivity index (χ4n) is 4.55. The summed E-state index contributed by atoms with van der Waals surface area (Å²) in [6.45, 7) is 2.61. The number of nitrogens with zero attached hydrogens (tertiary/aromatic N) is 2. The van der Waals surface area contributed by atoms with Crippen LogP contribution < -0.4 is 5.32 Å². The molecule has 2 fully saturated rings. The van der Waals surface area contributed by atoms with Gasteiger partial charge in [-0.15, -0.1) is 11.3 Å². The number of thiophene rings is 1. The number of halogens is 1. The molecule has 2 aromatic rings. The predicted octanol–water partition coefficient (Wildman–Crippen LogP) is 4.06. The van der Waals surface area contributed by atoms with Crippen LogP contribution in [0.4, 0.5) is 0 Å². The number of nitrogens with one attached hydrogen (secondary N) is 1. The maximum Gasteiger partial charge on any atom is 0.263 e. The molecule has 32 heavy (non-hydrogen) atoms. The fraction of sp³-hybridized carbons (Fsp3) is 0.458. The Labute approximate surface area is 197 Å². The highest BCUT2D eigenvalue weighted by Crippen LogP contribution is 2.26. The van der Waals surface area contributed by atoms with Gasteiger partial charge in [0.25, 0.3) is 11.8 Å². The van der Waals surface area contributed by atoms with Gasteiger partial charge in [-0.3, -0.25) is 14.4 Å². The smallest absolute Gasteiger partial charge is 0.263 e. The Balaban J connectivity index is 1.47. The molecule has 2 aliphatic heterocycles. The van der Waals surface area contributed by atoms with E-state index in [2.05, 4.69) is 5.32 Å². The molecular formula is C24H28ClN3O3S. The molecule has 0 aliphatic carbocycles. The topological polar surface area (TPSA) is 69.7 Å². The van der Waals surface area contributed by atoms with Crippen molar-refractivity contribution in [3.63, 3.8) is 0 Å². The lowest BCUT2D eigenvalue weighted by atomic mass is 9.87. The van der Waals surface area contributed by atoms with Gasteiger partial charge in [-0.1, -0.05) is 29.8 Å². The zero-order valence-electron chi connectivity index (χ0n) is 18.0. The number of hydrogen-bond donors (Lipinski definition) is 1. The molecule has 1 aromatic carbocycles. The van der Waals surface area contributed by atoms with E-state index in [1.54, 1.807) is 24.3 Å². The van der Waals surface area contributed by atoms with Gasteiger partial charge in [-0.2, -0.15) is 0 Å². The molecular weight excluding hydrogens is 446 g/mol. The number of carbonyl (C=O) groups is 3. The van der Waals surface area contributed by atoms with Gasteiger partial charge in [0.05, 0.1) is 15.5 Å². The molecule has 0 saturated carbocycles. The third-order valence-corrected chi connectivity index (χ3v) is 7.56. The van der Waals surface area contributed by atoms with E-state index in [0.29, 0.717) is 36.5 Å². The Hall–Kier alpha value is -2.38. The minimum atomic E-state index is -0.615. The maximum absolute atomic E-state index is 13.5. The second-order valence-electron chi connectivity index (χ2n) is 8.42. The highest BCUT2D eigenvalue weighted by atomic mass is 35.5. The van der Waals surface area contributed by atoms with Crippen LogP contribution >= 0.6 is 22.9 Å². The third-order valence-electron chi connectivity index (χ3n) is 6.37. The molecule has 8 heteroatoms. The molecule has 2 saturated heterocycles. The fourth-order valence-corrected chi connectivity index (χ4v) is 5.46. The average molecular weight is 474 g/mol. The molecule has 6 nitrogen and oxygen atoms in total. The van der Waals surface area contributed by atoms with Crippen LogP contribution in [0.1, 0.15) is 52.1 Å². The molecule has 0 unspecified atom stereocenters. The zero-order valence-corrected chi connectivity index (χ0v) is 19.5. The second-order valence-corrected chi connectivity index (χ2v) is 9.78. The highest BCUT2D eigenvalue weighted by molar-refractivity contribution is 7.12. The number of rotatable bonds is 5. The minimum absolute atomic E-state index is 0.0202. The van der Waals surface area contributed by atoms with E-state index in [4.69, 9.17) is 11.6 Å². The normalized spacial score (nSPS) is 18.3. The zero-order chi connectivity index (χ0) is 22.5. The largest absolute Gasteiger partial charge is 0.341 e. The van der Waals surface area contributed by atoms with Gasteiger partial charge in [-0.25, -0.2) is 0 Å².